The maximum Gasteiger partial charge on any atom is 0.322 e. The van der Waals surface area contributed by atoms with Gasteiger partial charge in [-0.15, -0.1) is 0 Å². The Balaban J connectivity index is 1.99. The zero-order chi connectivity index (χ0) is 12.3. The van der Waals surface area contributed by atoms with Gasteiger partial charge in [-0.1, -0.05) is 17.7 Å². The van der Waals surface area contributed by atoms with Crippen LogP contribution in [0.1, 0.15) is 18.4 Å². The Morgan fingerprint density at radius 1 is 1.47 bits per heavy atom. The van der Waals surface area contributed by atoms with Gasteiger partial charge >= 0.3 is 6.03 Å². The Morgan fingerprint density at radius 2 is 2.18 bits per heavy atom. The van der Waals surface area contributed by atoms with Crippen LogP contribution in [0.3, 0.4) is 0 Å². The molecule has 1 aliphatic heterocycles. The first kappa shape index (κ1) is 11.9. The van der Waals surface area contributed by atoms with Crippen LogP contribution in [0.2, 0.25) is 0 Å². The molecule has 1 saturated heterocycles. The number of aliphatic hydroxyl groups excluding tert-OH is 1. The number of rotatable bonds is 2. The fourth-order valence-electron chi connectivity index (χ4n) is 2.13. The standard InChI is InChI=1S/C13H18N2O2/c1-10-4-6-11(7-5-10)14-13(17)15-8-2-3-12(15)9-16/h4-7,12,16H,2-3,8-9H2,1H3,(H,14,17). The lowest BCUT2D eigenvalue weighted by Gasteiger charge is -2.23. The largest absolute Gasteiger partial charge is 0.394 e. The van der Waals surface area contributed by atoms with Crippen LogP contribution in [0, 0.1) is 6.92 Å². The maximum absolute atomic E-state index is 12.0. The van der Waals surface area contributed by atoms with Crippen LogP contribution in [0.15, 0.2) is 24.3 Å². The zero-order valence-electron chi connectivity index (χ0n) is 10.0. The Morgan fingerprint density at radius 3 is 2.82 bits per heavy atom. The van der Waals surface area contributed by atoms with E-state index in [4.69, 9.17) is 5.11 Å². The monoisotopic (exact) mass is 234 g/mol. The van der Waals surface area contributed by atoms with Crippen molar-refractivity contribution in [2.75, 3.05) is 18.5 Å². The van der Waals surface area contributed by atoms with E-state index in [0.29, 0.717) is 0 Å². The van der Waals surface area contributed by atoms with Crippen molar-refractivity contribution in [3.05, 3.63) is 29.8 Å². The highest BCUT2D eigenvalue weighted by molar-refractivity contribution is 5.89. The number of aliphatic hydroxyl groups is 1. The van der Waals surface area contributed by atoms with Crippen molar-refractivity contribution >= 4 is 11.7 Å². The Kier molecular flexibility index (Phi) is 3.64. The molecule has 2 amide bonds. The molecule has 1 aliphatic rings. The number of likely N-dealkylation sites (tertiary alicyclic amines) is 1. The van der Waals surface area contributed by atoms with Crippen LogP contribution < -0.4 is 5.32 Å². The average molecular weight is 234 g/mol. The number of amides is 2. The third-order valence-corrected chi connectivity index (χ3v) is 3.15. The summed E-state index contributed by atoms with van der Waals surface area (Å²) in [5, 5.41) is 12.0. The number of nitrogens with zero attached hydrogens (tertiary/aromatic N) is 1. The number of urea groups is 1. The first-order valence-corrected chi connectivity index (χ1v) is 5.96. The highest BCUT2D eigenvalue weighted by Gasteiger charge is 2.27. The number of hydrogen-bond acceptors (Lipinski definition) is 2. The predicted octanol–water partition coefficient (Wildman–Crippen LogP) is 1.98. The molecule has 2 N–H and O–H groups in total. The van der Waals surface area contributed by atoms with Crippen molar-refractivity contribution in [1.82, 2.24) is 4.90 Å². The summed E-state index contributed by atoms with van der Waals surface area (Å²) in [7, 11) is 0. The zero-order valence-corrected chi connectivity index (χ0v) is 10.0. The van der Waals surface area contributed by atoms with Gasteiger partial charge in [-0.25, -0.2) is 4.79 Å². The van der Waals surface area contributed by atoms with Crippen LogP contribution in [-0.2, 0) is 0 Å². The predicted molar refractivity (Wildman–Crippen MR) is 67.0 cm³/mol. The summed E-state index contributed by atoms with van der Waals surface area (Å²) in [5.74, 6) is 0. The van der Waals surface area contributed by atoms with Crippen molar-refractivity contribution in [3.8, 4) is 0 Å². The Labute approximate surface area is 101 Å². The second kappa shape index (κ2) is 5.19. The van der Waals surface area contributed by atoms with Crippen molar-refractivity contribution < 1.29 is 9.90 Å². The lowest BCUT2D eigenvalue weighted by atomic mass is 10.2. The van der Waals surface area contributed by atoms with E-state index in [1.54, 1.807) is 4.90 Å². The molecule has 17 heavy (non-hydrogen) atoms. The Hall–Kier alpha value is -1.55. The van der Waals surface area contributed by atoms with E-state index in [1.807, 2.05) is 31.2 Å². The van der Waals surface area contributed by atoms with Gasteiger partial charge in [0.1, 0.15) is 0 Å². The number of anilines is 1. The summed E-state index contributed by atoms with van der Waals surface area (Å²) in [4.78, 5) is 13.7. The molecule has 1 unspecified atom stereocenters. The number of hydrogen-bond donors (Lipinski definition) is 2. The molecule has 92 valence electrons. The third kappa shape index (κ3) is 2.77. The molecular weight excluding hydrogens is 216 g/mol. The minimum atomic E-state index is -0.120. The van der Waals surface area contributed by atoms with E-state index in [2.05, 4.69) is 5.32 Å². The van der Waals surface area contributed by atoms with Gasteiger partial charge in [0.15, 0.2) is 0 Å². The summed E-state index contributed by atoms with van der Waals surface area (Å²) in [5.41, 5.74) is 1.96. The van der Waals surface area contributed by atoms with Crippen LogP contribution >= 0.6 is 0 Å². The molecule has 1 aromatic carbocycles. The van der Waals surface area contributed by atoms with Crippen LogP contribution in [0.5, 0.6) is 0 Å². The summed E-state index contributed by atoms with van der Waals surface area (Å²) < 4.78 is 0. The van der Waals surface area contributed by atoms with E-state index in [0.717, 1.165) is 30.6 Å². The first-order valence-electron chi connectivity index (χ1n) is 5.96. The van der Waals surface area contributed by atoms with E-state index in [1.165, 1.54) is 0 Å². The average Bonchev–Trinajstić information content (AvgIpc) is 2.80. The maximum atomic E-state index is 12.0. The van der Waals surface area contributed by atoms with Crippen molar-refractivity contribution in [2.45, 2.75) is 25.8 Å². The molecular formula is C13H18N2O2. The van der Waals surface area contributed by atoms with Crippen molar-refractivity contribution in [3.63, 3.8) is 0 Å². The van der Waals surface area contributed by atoms with Gasteiger partial charge in [0.05, 0.1) is 12.6 Å². The normalized spacial score (nSPS) is 19.4. The molecule has 0 spiro atoms. The molecule has 0 aliphatic carbocycles. The van der Waals surface area contributed by atoms with Gasteiger partial charge in [-0.2, -0.15) is 0 Å². The minimum absolute atomic E-state index is 0.0274. The molecule has 0 radical (unpaired) electrons. The summed E-state index contributed by atoms with van der Waals surface area (Å²) >= 11 is 0. The van der Waals surface area contributed by atoms with Gasteiger partial charge in [0.25, 0.3) is 0 Å². The lowest BCUT2D eigenvalue weighted by Crippen LogP contribution is -2.40. The van der Waals surface area contributed by atoms with Crippen molar-refractivity contribution in [1.29, 1.82) is 0 Å². The third-order valence-electron chi connectivity index (χ3n) is 3.15. The van der Waals surface area contributed by atoms with Gasteiger partial charge in [-0.3, -0.25) is 0 Å². The molecule has 1 fully saturated rings. The van der Waals surface area contributed by atoms with E-state index in [-0.39, 0.29) is 18.7 Å². The van der Waals surface area contributed by atoms with Crippen LogP contribution in [0.25, 0.3) is 0 Å². The fraction of sp³-hybridized carbons (Fsp3) is 0.462. The highest BCUT2D eigenvalue weighted by atomic mass is 16.3. The van der Waals surface area contributed by atoms with Gasteiger partial charge in [-0.05, 0) is 31.9 Å². The molecule has 0 bridgehead atoms. The molecule has 4 nitrogen and oxygen atoms in total. The second-order valence-electron chi connectivity index (χ2n) is 4.47. The molecule has 1 atom stereocenters. The summed E-state index contributed by atoms with van der Waals surface area (Å²) in [6.45, 7) is 2.78. The minimum Gasteiger partial charge on any atom is -0.394 e. The summed E-state index contributed by atoms with van der Waals surface area (Å²) in [6.07, 6.45) is 1.85. The number of aryl methyl sites for hydroxylation is 1. The molecule has 0 saturated carbocycles. The second-order valence-corrected chi connectivity index (χ2v) is 4.47. The van der Waals surface area contributed by atoms with Crippen molar-refractivity contribution in [2.24, 2.45) is 0 Å². The topological polar surface area (TPSA) is 52.6 Å². The van der Waals surface area contributed by atoms with E-state index in [9.17, 15) is 4.79 Å². The van der Waals surface area contributed by atoms with E-state index < -0.39 is 0 Å². The molecule has 1 aromatic rings. The van der Waals surface area contributed by atoms with Gasteiger partial charge < -0.3 is 15.3 Å². The molecule has 2 rings (SSSR count). The van der Waals surface area contributed by atoms with Gasteiger partial charge in [0.2, 0.25) is 0 Å². The molecule has 4 heteroatoms. The highest BCUT2D eigenvalue weighted by Crippen LogP contribution is 2.18. The Bertz CT molecular complexity index is 389. The smallest absolute Gasteiger partial charge is 0.322 e. The number of nitrogens with one attached hydrogen (secondary N) is 1. The van der Waals surface area contributed by atoms with Crippen LogP contribution in [0.4, 0.5) is 10.5 Å². The van der Waals surface area contributed by atoms with Gasteiger partial charge in [0, 0.05) is 12.2 Å². The van der Waals surface area contributed by atoms with E-state index >= 15 is 0 Å². The molecule has 0 aromatic heterocycles. The lowest BCUT2D eigenvalue weighted by molar-refractivity contribution is 0.166. The molecule has 1 heterocycles. The number of carbonyl (C=O) groups is 1. The fourth-order valence-corrected chi connectivity index (χ4v) is 2.13. The number of carbonyl (C=O) groups excluding carboxylic acids is 1. The quantitative estimate of drug-likeness (QED) is 0.822. The number of benzene rings is 1. The van der Waals surface area contributed by atoms with Crippen LogP contribution in [-0.4, -0.2) is 35.2 Å². The first-order chi connectivity index (χ1) is 8.20. The SMILES string of the molecule is Cc1ccc(NC(=O)N2CCCC2CO)cc1. The summed E-state index contributed by atoms with van der Waals surface area (Å²) in [6, 6.07) is 7.55.